The molecule has 0 saturated heterocycles. The number of benzene rings is 3. The van der Waals surface area contributed by atoms with Gasteiger partial charge >= 0.3 is 0 Å². The van der Waals surface area contributed by atoms with Crippen molar-refractivity contribution < 1.29 is 14.1 Å². The van der Waals surface area contributed by atoms with E-state index in [9.17, 15) is 14.1 Å². The van der Waals surface area contributed by atoms with E-state index in [0.717, 1.165) is 0 Å². The first-order chi connectivity index (χ1) is 11.6. The molecule has 3 nitrogen and oxygen atoms in total. The van der Waals surface area contributed by atoms with E-state index in [1.54, 1.807) is 36.4 Å². The summed E-state index contributed by atoms with van der Waals surface area (Å²) in [6.45, 7) is 0. The number of aromatic hydroxyl groups is 1. The van der Waals surface area contributed by atoms with E-state index in [4.69, 9.17) is 0 Å². The average molecular weight is 337 g/mol. The SMILES string of the molecule is O=C(C[S+](=O)(c1ccccc1)c1ccccc1)c1ccc(O)cc1. The third-order valence-electron chi connectivity index (χ3n) is 3.77. The van der Waals surface area contributed by atoms with Crippen molar-refractivity contribution in [3.63, 3.8) is 0 Å². The van der Waals surface area contributed by atoms with Crippen LogP contribution in [-0.2, 0) is 14.1 Å². The lowest BCUT2D eigenvalue weighted by molar-refractivity contribution is 0.102. The number of carbonyl (C=O) groups excluding carboxylic acids is 1. The minimum absolute atomic E-state index is 0.0957. The predicted molar refractivity (Wildman–Crippen MR) is 94.8 cm³/mol. The van der Waals surface area contributed by atoms with Crippen LogP contribution in [0.15, 0.2) is 94.7 Å². The molecule has 0 spiro atoms. The van der Waals surface area contributed by atoms with Crippen molar-refractivity contribution in [3.05, 3.63) is 90.5 Å². The van der Waals surface area contributed by atoms with Crippen LogP contribution < -0.4 is 0 Å². The van der Waals surface area contributed by atoms with Crippen LogP contribution in [0.2, 0.25) is 0 Å². The van der Waals surface area contributed by atoms with Crippen LogP contribution in [0.25, 0.3) is 0 Å². The van der Waals surface area contributed by atoms with E-state index in [-0.39, 0.29) is 17.3 Å². The Morgan fingerprint density at radius 1 is 0.750 bits per heavy atom. The Labute approximate surface area is 142 Å². The molecule has 0 atom stereocenters. The van der Waals surface area contributed by atoms with Crippen LogP contribution in [0.1, 0.15) is 10.4 Å². The highest BCUT2D eigenvalue weighted by atomic mass is 32.2. The second-order valence-corrected chi connectivity index (χ2v) is 8.00. The summed E-state index contributed by atoms with van der Waals surface area (Å²) in [6, 6.07) is 24.2. The Morgan fingerprint density at radius 2 is 1.21 bits per heavy atom. The first kappa shape index (κ1) is 16.1. The topological polar surface area (TPSA) is 54.4 Å². The summed E-state index contributed by atoms with van der Waals surface area (Å²) in [5.74, 6) is -0.225. The van der Waals surface area contributed by atoms with Crippen molar-refractivity contribution in [1.82, 2.24) is 0 Å². The number of rotatable bonds is 5. The van der Waals surface area contributed by atoms with Gasteiger partial charge in [-0.2, -0.15) is 0 Å². The molecule has 3 aromatic carbocycles. The summed E-state index contributed by atoms with van der Waals surface area (Å²) in [6.07, 6.45) is 0. The lowest BCUT2D eigenvalue weighted by Crippen LogP contribution is -2.23. The van der Waals surface area contributed by atoms with Crippen LogP contribution in [0, 0.1) is 0 Å². The minimum Gasteiger partial charge on any atom is -0.508 e. The molecular formula is C20H17O3S+. The summed E-state index contributed by atoms with van der Waals surface area (Å²) >= 11 is 0. The minimum atomic E-state index is -2.72. The van der Waals surface area contributed by atoms with Gasteiger partial charge in [-0.25, -0.2) is 0 Å². The van der Waals surface area contributed by atoms with Crippen LogP contribution >= 0.6 is 0 Å². The van der Waals surface area contributed by atoms with Gasteiger partial charge < -0.3 is 5.11 Å². The molecule has 0 unspecified atom stereocenters. The number of Topliss-reactive ketones (excluding diaryl/α,β-unsaturated/α-hetero) is 1. The number of hydrogen-bond acceptors (Lipinski definition) is 3. The van der Waals surface area contributed by atoms with Gasteiger partial charge in [0, 0.05) is 5.56 Å². The summed E-state index contributed by atoms with van der Waals surface area (Å²) in [4.78, 5) is 13.9. The highest BCUT2D eigenvalue weighted by Gasteiger charge is 2.37. The van der Waals surface area contributed by atoms with Gasteiger partial charge in [0.15, 0.2) is 25.5 Å². The average Bonchev–Trinajstić information content (AvgIpc) is 2.63. The Balaban J connectivity index is 2.02. The summed E-state index contributed by atoms with van der Waals surface area (Å²) in [5.41, 5.74) is 0.437. The highest BCUT2D eigenvalue weighted by Crippen LogP contribution is 2.30. The van der Waals surface area contributed by atoms with Crippen molar-refractivity contribution in [3.8, 4) is 5.75 Å². The molecule has 0 aromatic heterocycles. The first-order valence-corrected chi connectivity index (χ1v) is 9.26. The second-order valence-electron chi connectivity index (χ2n) is 5.42. The van der Waals surface area contributed by atoms with Gasteiger partial charge in [0.05, 0.1) is 0 Å². The molecule has 120 valence electrons. The quantitative estimate of drug-likeness (QED) is 0.561. The zero-order valence-corrected chi connectivity index (χ0v) is 13.8. The van der Waals surface area contributed by atoms with Crippen LogP contribution in [0.3, 0.4) is 0 Å². The van der Waals surface area contributed by atoms with Crippen molar-refractivity contribution in [2.75, 3.05) is 5.75 Å². The summed E-state index contributed by atoms with van der Waals surface area (Å²) < 4.78 is 13.8. The molecule has 24 heavy (non-hydrogen) atoms. The number of hydrogen-bond donors (Lipinski definition) is 1. The van der Waals surface area contributed by atoms with Gasteiger partial charge in [-0.1, -0.05) is 40.6 Å². The van der Waals surface area contributed by atoms with Gasteiger partial charge in [0.1, 0.15) is 5.75 Å². The lowest BCUT2D eigenvalue weighted by Gasteiger charge is -2.11. The Kier molecular flexibility index (Phi) is 4.58. The zero-order chi connectivity index (χ0) is 17.0. The van der Waals surface area contributed by atoms with Crippen molar-refractivity contribution in [1.29, 1.82) is 0 Å². The third kappa shape index (κ3) is 3.29. The fourth-order valence-corrected chi connectivity index (χ4v) is 4.83. The van der Waals surface area contributed by atoms with E-state index >= 15 is 0 Å². The van der Waals surface area contributed by atoms with Gasteiger partial charge in [-0.05, 0) is 48.5 Å². The first-order valence-electron chi connectivity index (χ1n) is 7.54. The Bertz CT molecular complexity index is 828. The number of carbonyl (C=O) groups is 1. The van der Waals surface area contributed by atoms with E-state index in [1.807, 2.05) is 36.4 Å². The molecule has 0 saturated carbocycles. The van der Waals surface area contributed by atoms with Crippen molar-refractivity contribution in [2.45, 2.75) is 9.79 Å². The van der Waals surface area contributed by atoms with Crippen LogP contribution in [-0.4, -0.2) is 16.6 Å². The van der Waals surface area contributed by atoms with Crippen LogP contribution in [0.4, 0.5) is 0 Å². The smallest absolute Gasteiger partial charge is 0.212 e. The van der Waals surface area contributed by atoms with E-state index in [0.29, 0.717) is 15.4 Å². The molecule has 3 aromatic rings. The molecule has 0 amide bonds. The van der Waals surface area contributed by atoms with Gasteiger partial charge in [-0.3, -0.25) is 4.79 Å². The fraction of sp³-hybridized carbons (Fsp3) is 0.0500. The predicted octanol–water partition coefficient (Wildman–Crippen LogP) is 4.19. The van der Waals surface area contributed by atoms with Crippen molar-refractivity contribution >= 4 is 15.7 Å². The summed E-state index contributed by atoms with van der Waals surface area (Å²) in [7, 11) is -2.72. The Morgan fingerprint density at radius 3 is 1.67 bits per heavy atom. The molecular weight excluding hydrogens is 320 g/mol. The van der Waals surface area contributed by atoms with Gasteiger partial charge in [0.25, 0.3) is 0 Å². The normalized spacial score (nSPS) is 11.2. The number of ketones is 1. The molecule has 0 bridgehead atoms. The molecule has 0 aliphatic rings. The van der Waals surface area contributed by atoms with E-state index in [2.05, 4.69) is 0 Å². The fourth-order valence-electron chi connectivity index (χ4n) is 2.50. The van der Waals surface area contributed by atoms with Crippen molar-refractivity contribution in [2.24, 2.45) is 0 Å². The standard InChI is InChI=1S/C20H16O3S/c21-17-13-11-16(12-14-17)20(22)15-24(23,18-7-3-1-4-8-18)19-9-5-2-6-10-19/h1-14H,15H2/p+1. The van der Waals surface area contributed by atoms with Crippen LogP contribution in [0.5, 0.6) is 5.75 Å². The number of phenols is 1. The molecule has 0 aliphatic carbocycles. The monoisotopic (exact) mass is 337 g/mol. The maximum absolute atomic E-state index is 13.8. The molecule has 4 heteroatoms. The molecule has 0 heterocycles. The highest BCUT2D eigenvalue weighted by molar-refractivity contribution is 8.03. The summed E-state index contributed by atoms with van der Waals surface area (Å²) in [5, 5.41) is 9.36. The van der Waals surface area contributed by atoms with E-state index < -0.39 is 9.93 Å². The third-order valence-corrected chi connectivity index (χ3v) is 6.51. The lowest BCUT2D eigenvalue weighted by atomic mass is 10.1. The van der Waals surface area contributed by atoms with Gasteiger partial charge in [0.2, 0.25) is 5.78 Å². The molecule has 0 aliphatic heterocycles. The zero-order valence-electron chi connectivity index (χ0n) is 13.0. The van der Waals surface area contributed by atoms with E-state index in [1.165, 1.54) is 12.1 Å². The van der Waals surface area contributed by atoms with Gasteiger partial charge in [-0.15, -0.1) is 0 Å². The molecule has 0 radical (unpaired) electrons. The largest absolute Gasteiger partial charge is 0.508 e. The molecule has 0 fully saturated rings. The Hall–Kier alpha value is -2.72. The molecule has 3 rings (SSSR count). The second kappa shape index (κ2) is 6.81. The molecule has 1 N–H and O–H groups in total. The number of phenolic OH excluding ortho intramolecular Hbond substituents is 1. The maximum atomic E-state index is 13.8. The maximum Gasteiger partial charge on any atom is 0.212 e.